The number of nitrogens with two attached hydrogens (primary N) is 2. The number of aliphatic hydroxyl groups excluding tert-OH is 1. The van der Waals surface area contributed by atoms with Gasteiger partial charge in [-0.1, -0.05) is 13.8 Å². The lowest BCUT2D eigenvalue weighted by Gasteiger charge is -2.25. The first-order valence-electron chi connectivity index (χ1n) is 10.8. The maximum absolute atomic E-state index is 12.9. The van der Waals surface area contributed by atoms with Crippen LogP contribution in [0.15, 0.2) is 0 Å². The van der Waals surface area contributed by atoms with E-state index in [9.17, 15) is 24.3 Å². The lowest BCUT2D eigenvalue weighted by Crippen LogP contribution is -2.57. The summed E-state index contributed by atoms with van der Waals surface area (Å²) in [6.07, 6.45) is 3.85. The van der Waals surface area contributed by atoms with Gasteiger partial charge in [0.05, 0.1) is 6.61 Å². The minimum Gasteiger partial charge on any atom is -0.480 e. The molecule has 0 rings (SSSR count). The number of carbonyl (C=O) groups is 4. The zero-order chi connectivity index (χ0) is 24.7. The highest BCUT2D eigenvalue weighted by Crippen LogP contribution is 2.08. The molecule has 0 aromatic rings. The third kappa shape index (κ3) is 12.2. The fraction of sp³-hybridized carbons (Fsp3) is 0.800. The highest BCUT2D eigenvalue weighted by atomic mass is 32.2. The predicted molar refractivity (Wildman–Crippen MR) is 124 cm³/mol. The summed E-state index contributed by atoms with van der Waals surface area (Å²) >= 11 is 1.48. The van der Waals surface area contributed by atoms with Crippen molar-refractivity contribution in [2.45, 2.75) is 70.1 Å². The van der Waals surface area contributed by atoms with Crippen LogP contribution < -0.4 is 27.4 Å². The molecule has 12 heteroatoms. The summed E-state index contributed by atoms with van der Waals surface area (Å²) in [5, 5.41) is 26.1. The number of hydrogen-bond acceptors (Lipinski definition) is 8. The molecule has 0 saturated carbocycles. The van der Waals surface area contributed by atoms with Crippen LogP contribution in [0.25, 0.3) is 0 Å². The molecular weight excluding hydrogens is 438 g/mol. The predicted octanol–water partition coefficient (Wildman–Crippen LogP) is -1.23. The van der Waals surface area contributed by atoms with Crippen LogP contribution in [0, 0.1) is 5.92 Å². The molecular formula is C20H39N5O6S. The average Bonchev–Trinajstić information content (AvgIpc) is 2.73. The quantitative estimate of drug-likeness (QED) is 0.125. The summed E-state index contributed by atoms with van der Waals surface area (Å²) in [6.45, 7) is 3.54. The number of carboxylic acid groups (broad SMARTS) is 1. The third-order valence-electron chi connectivity index (χ3n) is 4.68. The molecule has 0 spiro atoms. The number of carboxylic acids is 1. The molecule has 0 radical (unpaired) electrons. The molecule has 0 bridgehead atoms. The van der Waals surface area contributed by atoms with E-state index in [0.717, 1.165) is 0 Å². The van der Waals surface area contributed by atoms with Crippen LogP contribution in [-0.2, 0) is 19.2 Å². The largest absolute Gasteiger partial charge is 0.480 e. The van der Waals surface area contributed by atoms with Crippen LogP contribution in [0.5, 0.6) is 0 Å². The number of aliphatic carboxylic acids is 1. The fourth-order valence-electron chi connectivity index (χ4n) is 2.87. The van der Waals surface area contributed by atoms with Gasteiger partial charge in [-0.15, -0.1) is 0 Å². The lowest BCUT2D eigenvalue weighted by molar-refractivity contribution is -0.142. The Morgan fingerprint density at radius 3 is 1.91 bits per heavy atom. The smallest absolute Gasteiger partial charge is 0.326 e. The first-order chi connectivity index (χ1) is 15.1. The molecule has 11 nitrogen and oxygen atoms in total. The number of nitrogens with one attached hydrogen (secondary N) is 3. The average molecular weight is 478 g/mol. The van der Waals surface area contributed by atoms with Gasteiger partial charge in [-0.25, -0.2) is 4.79 Å². The van der Waals surface area contributed by atoms with E-state index in [-0.39, 0.29) is 25.2 Å². The lowest BCUT2D eigenvalue weighted by atomic mass is 10.0. The first kappa shape index (κ1) is 30.1. The van der Waals surface area contributed by atoms with Crippen molar-refractivity contribution in [2.24, 2.45) is 17.4 Å². The van der Waals surface area contributed by atoms with Crippen molar-refractivity contribution < 1.29 is 29.4 Å². The van der Waals surface area contributed by atoms with Crippen LogP contribution in [0.1, 0.15) is 46.0 Å². The molecule has 0 fully saturated rings. The zero-order valence-corrected chi connectivity index (χ0v) is 20.0. The van der Waals surface area contributed by atoms with E-state index < -0.39 is 54.5 Å². The van der Waals surface area contributed by atoms with Gasteiger partial charge in [-0.3, -0.25) is 14.4 Å². The molecule has 0 aliphatic rings. The van der Waals surface area contributed by atoms with Crippen molar-refractivity contribution in [1.82, 2.24) is 16.0 Å². The van der Waals surface area contributed by atoms with Gasteiger partial charge in [0.1, 0.15) is 24.2 Å². The number of rotatable bonds is 17. The Hall–Kier alpha value is -1.89. The van der Waals surface area contributed by atoms with Gasteiger partial charge in [-0.05, 0) is 56.6 Å². The van der Waals surface area contributed by atoms with E-state index in [4.69, 9.17) is 16.6 Å². The van der Waals surface area contributed by atoms with Crippen LogP contribution in [0.2, 0.25) is 0 Å². The maximum Gasteiger partial charge on any atom is 0.326 e. The number of carbonyl (C=O) groups excluding carboxylic acids is 3. The van der Waals surface area contributed by atoms with Crippen molar-refractivity contribution in [3.05, 3.63) is 0 Å². The van der Waals surface area contributed by atoms with Crippen molar-refractivity contribution >= 4 is 35.5 Å². The second kappa shape index (κ2) is 16.7. The van der Waals surface area contributed by atoms with Gasteiger partial charge >= 0.3 is 5.97 Å². The normalized spacial score (nSPS) is 14.8. The summed E-state index contributed by atoms with van der Waals surface area (Å²) in [5.41, 5.74) is 11.0. The summed E-state index contributed by atoms with van der Waals surface area (Å²) in [7, 11) is 0. The minimum absolute atomic E-state index is 0.0495. The zero-order valence-electron chi connectivity index (χ0n) is 19.1. The molecule has 0 aromatic heterocycles. The Morgan fingerprint density at radius 1 is 0.906 bits per heavy atom. The van der Waals surface area contributed by atoms with Gasteiger partial charge in [-0.2, -0.15) is 11.8 Å². The Morgan fingerprint density at radius 2 is 1.44 bits per heavy atom. The van der Waals surface area contributed by atoms with Crippen molar-refractivity contribution in [1.29, 1.82) is 0 Å². The summed E-state index contributed by atoms with van der Waals surface area (Å²) < 4.78 is 0. The van der Waals surface area contributed by atoms with E-state index >= 15 is 0 Å². The standard InChI is InChI=1S/C20H39N5O6S/c1-12(2)10-16(20(30)31)25-19(29)15(7-9-32-3)24-18(28)14(6-4-5-8-21)23-17(27)13(22)11-26/h12-16,26H,4-11,21-22H2,1-3H3,(H,23,27)(H,24,28)(H,25,29)(H,30,31). The second-order valence-corrected chi connectivity index (χ2v) is 8.99. The molecule has 0 aliphatic carbocycles. The van der Waals surface area contributed by atoms with Crippen LogP contribution in [0.3, 0.4) is 0 Å². The summed E-state index contributed by atoms with van der Waals surface area (Å²) in [4.78, 5) is 49.3. The van der Waals surface area contributed by atoms with E-state index in [2.05, 4.69) is 16.0 Å². The summed E-state index contributed by atoms with van der Waals surface area (Å²) in [6, 6.07) is -4.19. The number of aliphatic hydroxyl groups is 1. The Bertz CT molecular complexity index is 607. The number of hydrogen-bond donors (Lipinski definition) is 7. The SMILES string of the molecule is CSCCC(NC(=O)C(CCCCN)NC(=O)C(N)CO)C(=O)NC(CC(C)C)C(=O)O. The van der Waals surface area contributed by atoms with Gasteiger partial charge in [0.15, 0.2) is 0 Å². The molecule has 3 amide bonds. The Kier molecular flexibility index (Phi) is 15.7. The maximum atomic E-state index is 12.9. The molecule has 0 heterocycles. The monoisotopic (exact) mass is 477 g/mol. The Labute approximate surface area is 193 Å². The number of thioether (sulfide) groups is 1. The Balaban J connectivity index is 5.39. The second-order valence-electron chi connectivity index (χ2n) is 8.01. The summed E-state index contributed by atoms with van der Waals surface area (Å²) in [5.74, 6) is -2.41. The van der Waals surface area contributed by atoms with Crippen molar-refractivity contribution in [3.63, 3.8) is 0 Å². The van der Waals surface area contributed by atoms with Gasteiger partial charge in [0.25, 0.3) is 0 Å². The van der Waals surface area contributed by atoms with Gasteiger partial charge in [0, 0.05) is 0 Å². The highest BCUT2D eigenvalue weighted by Gasteiger charge is 2.30. The molecule has 0 saturated heterocycles. The minimum atomic E-state index is -1.18. The van der Waals surface area contributed by atoms with Crippen LogP contribution in [0.4, 0.5) is 0 Å². The van der Waals surface area contributed by atoms with Gasteiger partial charge < -0.3 is 37.6 Å². The van der Waals surface area contributed by atoms with E-state index in [1.165, 1.54) is 11.8 Å². The molecule has 0 aromatic carbocycles. The van der Waals surface area contributed by atoms with Crippen molar-refractivity contribution in [3.8, 4) is 0 Å². The molecule has 4 atom stereocenters. The molecule has 4 unspecified atom stereocenters. The van der Waals surface area contributed by atoms with Crippen LogP contribution >= 0.6 is 11.8 Å². The highest BCUT2D eigenvalue weighted by molar-refractivity contribution is 7.98. The van der Waals surface area contributed by atoms with Gasteiger partial charge in [0.2, 0.25) is 17.7 Å². The number of amides is 3. The third-order valence-corrected chi connectivity index (χ3v) is 5.32. The molecule has 32 heavy (non-hydrogen) atoms. The molecule has 0 aliphatic heterocycles. The van der Waals surface area contributed by atoms with Crippen molar-refractivity contribution in [2.75, 3.05) is 25.2 Å². The van der Waals surface area contributed by atoms with E-state index in [1.54, 1.807) is 0 Å². The van der Waals surface area contributed by atoms with E-state index in [1.807, 2.05) is 20.1 Å². The molecule has 186 valence electrons. The van der Waals surface area contributed by atoms with Crippen LogP contribution in [-0.4, -0.2) is 83.2 Å². The topological polar surface area (TPSA) is 197 Å². The number of unbranched alkanes of at least 4 members (excludes halogenated alkanes) is 1. The van der Waals surface area contributed by atoms with E-state index in [0.29, 0.717) is 25.1 Å². The molecule has 9 N–H and O–H groups in total. The first-order valence-corrected chi connectivity index (χ1v) is 12.2. The fourth-order valence-corrected chi connectivity index (χ4v) is 3.34.